The van der Waals surface area contributed by atoms with Crippen molar-refractivity contribution in [3.63, 3.8) is 0 Å². The summed E-state index contributed by atoms with van der Waals surface area (Å²) in [5.41, 5.74) is 1.31. The molecule has 2 rings (SSSR count). The van der Waals surface area contributed by atoms with E-state index in [1.165, 1.54) is 31.2 Å². The van der Waals surface area contributed by atoms with Gasteiger partial charge in [-0.2, -0.15) is 0 Å². The third kappa shape index (κ3) is 3.23. The maximum Gasteiger partial charge on any atom is -0.0260 e. The molecule has 79 valence electrons. The van der Waals surface area contributed by atoms with Gasteiger partial charge in [0, 0.05) is 0 Å². The molecule has 1 aliphatic carbocycles. The Morgan fingerprint density at radius 1 is 1.20 bits per heavy atom. The van der Waals surface area contributed by atoms with Gasteiger partial charge in [0.25, 0.3) is 0 Å². The van der Waals surface area contributed by atoms with Gasteiger partial charge in [-0.3, -0.25) is 0 Å². The predicted octanol–water partition coefficient (Wildman–Crippen LogP) is 4.34. The van der Waals surface area contributed by atoms with Crippen molar-refractivity contribution in [3.05, 3.63) is 48.9 Å². The van der Waals surface area contributed by atoms with Crippen LogP contribution in [0, 0.1) is 18.8 Å². The molecular formula is C15H19. The van der Waals surface area contributed by atoms with Gasteiger partial charge in [0.1, 0.15) is 0 Å². The zero-order valence-corrected chi connectivity index (χ0v) is 9.23. The second-order valence-corrected chi connectivity index (χ2v) is 4.59. The van der Waals surface area contributed by atoms with Crippen molar-refractivity contribution >= 4 is 6.08 Å². The third-order valence-corrected chi connectivity index (χ3v) is 3.23. The fourth-order valence-corrected chi connectivity index (χ4v) is 2.35. The highest BCUT2D eigenvalue weighted by Crippen LogP contribution is 2.32. The van der Waals surface area contributed by atoms with Crippen molar-refractivity contribution in [2.45, 2.75) is 25.7 Å². The van der Waals surface area contributed by atoms with Crippen LogP contribution in [0.5, 0.6) is 0 Å². The Bertz CT molecular complexity index is 310. The zero-order valence-electron chi connectivity index (χ0n) is 9.23. The topological polar surface area (TPSA) is 0 Å². The van der Waals surface area contributed by atoms with Gasteiger partial charge < -0.3 is 0 Å². The van der Waals surface area contributed by atoms with E-state index in [1.807, 2.05) is 0 Å². The van der Waals surface area contributed by atoms with Gasteiger partial charge in [-0.15, -0.1) is 0 Å². The minimum atomic E-state index is 0.708. The third-order valence-electron chi connectivity index (χ3n) is 3.23. The summed E-state index contributed by atoms with van der Waals surface area (Å²) in [5, 5.41) is 0. The van der Waals surface area contributed by atoms with Crippen LogP contribution in [0.4, 0.5) is 0 Å². The molecule has 1 radical (unpaired) electrons. The molecule has 1 saturated carbocycles. The summed E-state index contributed by atoms with van der Waals surface area (Å²) in [6.45, 7) is 4.13. The van der Waals surface area contributed by atoms with E-state index >= 15 is 0 Å². The minimum Gasteiger partial charge on any atom is -0.0837 e. The van der Waals surface area contributed by atoms with E-state index in [-0.39, 0.29) is 0 Å². The molecule has 15 heavy (non-hydrogen) atoms. The van der Waals surface area contributed by atoms with E-state index in [0.29, 0.717) is 5.92 Å². The summed E-state index contributed by atoms with van der Waals surface area (Å²) in [4.78, 5) is 0. The van der Waals surface area contributed by atoms with Crippen molar-refractivity contribution in [1.29, 1.82) is 0 Å². The van der Waals surface area contributed by atoms with Crippen molar-refractivity contribution in [3.8, 4) is 0 Å². The molecule has 0 spiro atoms. The lowest BCUT2D eigenvalue weighted by Crippen LogP contribution is -1.91. The van der Waals surface area contributed by atoms with Crippen molar-refractivity contribution in [2.75, 3.05) is 0 Å². The zero-order chi connectivity index (χ0) is 10.5. The predicted molar refractivity (Wildman–Crippen MR) is 66.3 cm³/mol. The molecule has 0 heterocycles. The summed E-state index contributed by atoms with van der Waals surface area (Å²) in [7, 11) is 0. The van der Waals surface area contributed by atoms with Crippen LogP contribution >= 0.6 is 0 Å². The van der Waals surface area contributed by atoms with Crippen LogP contribution in [-0.4, -0.2) is 0 Å². The Labute approximate surface area is 93.0 Å². The Balaban J connectivity index is 1.81. The first-order chi connectivity index (χ1) is 7.34. The molecule has 0 N–H and O–H groups in total. The quantitative estimate of drug-likeness (QED) is 0.679. The SMILES string of the molecule is [CH2]C1CCC(C/C=C/c2ccccc2)C1. The summed E-state index contributed by atoms with van der Waals surface area (Å²) in [5.74, 6) is 1.59. The molecule has 0 bridgehead atoms. The molecule has 2 unspecified atom stereocenters. The molecule has 2 atom stereocenters. The molecular weight excluding hydrogens is 180 g/mol. The summed E-state index contributed by atoms with van der Waals surface area (Å²) in [6, 6.07) is 10.5. The molecule has 1 aromatic rings. The van der Waals surface area contributed by atoms with Gasteiger partial charge in [0.2, 0.25) is 0 Å². The average Bonchev–Trinajstić information content (AvgIpc) is 2.66. The normalized spacial score (nSPS) is 26.2. The van der Waals surface area contributed by atoms with Crippen molar-refractivity contribution in [2.24, 2.45) is 11.8 Å². The van der Waals surface area contributed by atoms with Crippen LogP contribution in [0.25, 0.3) is 6.08 Å². The first-order valence-corrected chi connectivity index (χ1v) is 5.89. The largest absolute Gasteiger partial charge is 0.0837 e. The molecule has 0 aromatic heterocycles. The average molecular weight is 199 g/mol. The fraction of sp³-hybridized carbons (Fsp3) is 0.400. The van der Waals surface area contributed by atoms with Crippen LogP contribution in [0.1, 0.15) is 31.2 Å². The number of hydrogen-bond donors (Lipinski definition) is 0. The minimum absolute atomic E-state index is 0.708. The molecule has 0 amide bonds. The highest BCUT2D eigenvalue weighted by atomic mass is 14.2. The smallest absolute Gasteiger partial charge is 0.0260 e. The first-order valence-electron chi connectivity index (χ1n) is 5.89. The first kappa shape index (κ1) is 10.5. The van der Waals surface area contributed by atoms with Crippen LogP contribution in [0.15, 0.2) is 36.4 Å². The molecule has 1 fully saturated rings. The van der Waals surface area contributed by atoms with Crippen LogP contribution in [0.2, 0.25) is 0 Å². The van der Waals surface area contributed by atoms with E-state index in [4.69, 9.17) is 0 Å². The van der Waals surface area contributed by atoms with Gasteiger partial charge in [-0.1, -0.05) is 55.8 Å². The number of benzene rings is 1. The summed E-state index contributed by atoms with van der Waals surface area (Å²) in [6.07, 6.45) is 9.78. The second-order valence-electron chi connectivity index (χ2n) is 4.59. The standard InChI is InChI=1S/C15H19/c1-13-10-11-15(12-13)9-5-8-14-6-3-2-4-7-14/h2-8,13,15H,1,9-12H2/b8-5+. The van der Waals surface area contributed by atoms with Gasteiger partial charge in [-0.25, -0.2) is 0 Å². The van der Waals surface area contributed by atoms with Crippen LogP contribution in [-0.2, 0) is 0 Å². The van der Waals surface area contributed by atoms with E-state index < -0.39 is 0 Å². The molecule has 0 nitrogen and oxygen atoms in total. The van der Waals surface area contributed by atoms with Crippen molar-refractivity contribution in [1.82, 2.24) is 0 Å². The molecule has 0 saturated heterocycles. The van der Waals surface area contributed by atoms with E-state index in [0.717, 1.165) is 5.92 Å². The van der Waals surface area contributed by atoms with E-state index in [2.05, 4.69) is 49.4 Å². The van der Waals surface area contributed by atoms with Crippen LogP contribution < -0.4 is 0 Å². The van der Waals surface area contributed by atoms with Crippen LogP contribution in [0.3, 0.4) is 0 Å². The van der Waals surface area contributed by atoms with E-state index in [1.54, 1.807) is 0 Å². The Morgan fingerprint density at radius 3 is 2.67 bits per heavy atom. The Kier molecular flexibility index (Phi) is 3.60. The molecule has 1 aromatic carbocycles. The fourth-order valence-electron chi connectivity index (χ4n) is 2.35. The maximum absolute atomic E-state index is 4.13. The van der Waals surface area contributed by atoms with Gasteiger partial charge in [0.05, 0.1) is 0 Å². The van der Waals surface area contributed by atoms with Gasteiger partial charge in [0.15, 0.2) is 0 Å². The molecule has 0 aliphatic heterocycles. The lowest BCUT2D eigenvalue weighted by Gasteiger charge is -2.04. The van der Waals surface area contributed by atoms with Crippen molar-refractivity contribution < 1.29 is 0 Å². The highest BCUT2D eigenvalue weighted by Gasteiger charge is 2.19. The monoisotopic (exact) mass is 199 g/mol. The van der Waals surface area contributed by atoms with E-state index in [9.17, 15) is 0 Å². The second kappa shape index (κ2) is 5.16. The Morgan fingerprint density at radius 2 is 2.00 bits per heavy atom. The van der Waals surface area contributed by atoms with Gasteiger partial charge in [-0.05, 0) is 36.7 Å². The maximum atomic E-state index is 4.13. The highest BCUT2D eigenvalue weighted by molar-refractivity contribution is 5.48. The Hall–Kier alpha value is -1.04. The summed E-state index contributed by atoms with van der Waals surface area (Å²) < 4.78 is 0. The summed E-state index contributed by atoms with van der Waals surface area (Å²) >= 11 is 0. The number of allylic oxidation sites excluding steroid dienone is 1. The lowest BCUT2D eigenvalue weighted by atomic mass is 10.0. The lowest BCUT2D eigenvalue weighted by molar-refractivity contribution is 0.540. The molecule has 0 heteroatoms. The van der Waals surface area contributed by atoms with Gasteiger partial charge >= 0.3 is 0 Å². The number of hydrogen-bond acceptors (Lipinski definition) is 0. The molecule has 1 aliphatic rings. The number of rotatable bonds is 3.